The van der Waals surface area contributed by atoms with E-state index in [9.17, 15) is 9.59 Å². The van der Waals surface area contributed by atoms with Gasteiger partial charge >= 0.3 is 0 Å². The van der Waals surface area contributed by atoms with Crippen LogP contribution in [-0.4, -0.2) is 28.8 Å². The van der Waals surface area contributed by atoms with Crippen molar-refractivity contribution in [3.63, 3.8) is 0 Å². The summed E-state index contributed by atoms with van der Waals surface area (Å²) in [6.45, 7) is 2.18. The first kappa shape index (κ1) is 13.5. The second kappa shape index (κ2) is 6.33. The number of hydrogen-bond acceptors (Lipinski definition) is 5. The summed E-state index contributed by atoms with van der Waals surface area (Å²) >= 11 is 0. The summed E-state index contributed by atoms with van der Waals surface area (Å²) in [4.78, 5) is 25.1. The lowest BCUT2D eigenvalue weighted by Gasteiger charge is -2.28. The second-order valence-electron chi connectivity index (χ2n) is 4.64. The van der Waals surface area contributed by atoms with Gasteiger partial charge in [0.1, 0.15) is 0 Å². The number of amides is 1. The molecule has 1 fully saturated rings. The minimum atomic E-state index is -0.311. The molecule has 0 saturated carbocycles. The van der Waals surface area contributed by atoms with Crippen molar-refractivity contribution in [2.24, 2.45) is 5.84 Å². The van der Waals surface area contributed by atoms with Crippen molar-refractivity contribution in [2.45, 2.75) is 32.2 Å². The molecule has 0 spiro atoms. The number of carbonyl (C=O) groups excluding carboxylic acids is 1. The number of aromatic nitrogens is 2. The Balaban J connectivity index is 2.04. The molecule has 1 aliphatic heterocycles. The van der Waals surface area contributed by atoms with Crippen LogP contribution in [0.25, 0.3) is 0 Å². The molecule has 2 rings (SSSR count). The average molecular weight is 265 g/mol. The zero-order valence-corrected chi connectivity index (χ0v) is 10.8. The normalized spacial score (nSPS) is 15.3. The van der Waals surface area contributed by atoms with E-state index in [1.54, 1.807) is 12.3 Å². The first-order valence-electron chi connectivity index (χ1n) is 6.52. The van der Waals surface area contributed by atoms with Gasteiger partial charge in [0.05, 0.1) is 18.4 Å². The van der Waals surface area contributed by atoms with Crippen molar-refractivity contribution >= 4 is 11.6 Å². The SMILES string of the molecule is NNC(=O)CCn1ncc(N2CCCCC2)cc1=O. The smallest absolute Gasteiger partial charge is 0.268 e. The van der Waals surface area contributed by atoms with E-state index in [0.29, 0.717) is 0 Å². The molecule has 19 heavy (non-hydrogen) atoms. The van der Waals surface area contributed by atoms with Crippen LogP contribution in [0.5, 0.6) is 0 Å². The Labute approximate surface area is 111 Å². The van der Waals surface area contributed by atoms with Gasteiger partial charge in [0, 0.05) is 25.6 Å². The fourth-order valence-corrected chi connectivity index (χ4v) is 2.20. The molecule has 104 valence electrons. The third-order valence-corrected chi connectivity index (χ3v) is 3.29. The molecule has 7 heteroatoms. The van der Waals surface area contributed by atoms with Gasteiger partial charge in [-0.25, -0.2) is 10.5 Å². The minimum absolute atomic E-state index is 0.145. The van der Waals surface area contributed by atoms with Gasteiger partial charge in [0.15, 0.2) is 0 Å². The van der Waals surface area contributed by atoms with Gasteiger partial charge in [-0.1, -0.05) is 0 Å². The fourth-order valence-electron chi connectivity index (χ4n) is 2.20. The van der Waals surface area contributed by atoms with Crippen LogP contribution in [0, 0.1) is 0 Å². The Kier molecular flexibility index (Phi) is 4.51. The predicted octanol–water partition coefficient (Wildman–Crippen LogP) is -0.386. The minimum Gasteiger partial charge on any atom is -0.370 e. The van der Waals surface area contributed by atoms with E-state index in [1.807, 2.05) is 5.43 Å². The van der Waals surface area contributed by atoms with Crippen LogP contribution in [0.15, 0.2) is 17.1 Å². The van der Waals surface area contributed by atoms with Gasteiger partial charge in [-0.15, -0.1) is 0 Å². The van der Waals surface area contributed by atoms with Crippen molar-refractivity contribution in [1.82, 2.24) is 15.2 Å². The molecule has 1 amide bonds. The molecule has 0 radical (unpaired) electrons. The lowest BCUT2D eigenvalue weighted by Crippen LogP contribution is -2.34. The van der Waals surface area contributed by atoms with Crippen molar-refractivity contribution in [1.29, 1.82) is 0 Å². The highest BCUT2D eigenvalue weighted by atomic mass is 16.2. The summed E-state index contributed by atoms with van der Waals surface area (Å²) in [5.74, 6) is 4.67. The molecule has 2 heterocycles. The Morgan fingerprint density at radius 1 is 1.37 bits per heavy atom. The number of carbonyl (C=O) groups is 1. The van der Waals surface area contributed by atoms with E-state index in [-0.39, 0.29) is 24.4 Å². The van der Waals surface area contributed by atoms with Crippen LogP contribution < -0.4 is 21.7 Å². The highest BCUT2D eigenvalue weighted by Crippen LogP contribution is 2.16. The summed E-state index contributed by atoms with van der Waals surface area (Å²) in [6, 6.07) is 1.58. The molecule has 0 unspecified atom stereocenters. The maximum absolute atomic E-state index is 11.9. The highest BCUT2D eigenvalue weighted by molar-refractivity contribution is 5.74. The monoisotopic (exact) mass is 265 g/mol. The number of anilines is 1. The fraction of sp³-hybridized carbons (Fsp3) is 0.583. The van der Waals surface area contributed by atoms with Gasteiger partial charge in [0.25, 0.3) is 5.56 Å². The quantitative estimate of drug-likeness (QED) is 0.439. The van der Waals surface area contributed by atoms with Crippen LogP contribution in [0.2, 0.25) is 0 Å². The van der Waals surface area contributed by atoms with Crippen molar-refractivity contribution in [3.05, 3.63) is 22.6 Å². The van der Waals surface area contributed by atoms with Gasteiger partial charge in [-0.3, -0.25) is 15.0 Å². The Morgan fingerprint density at radius 2 is 2.11 bits per heavy atom. The molecule has 1 aliphatic rings. The first-order valence-corrected chi connectivity index (χ1v) is 6.52. The lowest BCUT2D eigenvalue weighted by atomic mass is 10.1. The van der Waals surface area contributed by atoms with E-state index >= 15 is 0 Å². The molecule has 0 atom stereocenters. The maximum Gasteiger partial charge on any atom is 0.268 e. The molecular weight excluding hydrogens is 246 g/mol. The van der Waals surface area contributed by atoms with E-state index in [0.717, 1.165) is 31.6 Å². The number of nitrogens with zero attached hydrogens (tertiary/aromatic N) is 3. The molecule has 1 aromatic rings. The van der Waals surface area contributed by atoms with E-state index in [2.05, 4.69) is 10.00 Å². The standard InChI is InChI=1S/C12H19N5O2/c13-15-11(18)4-7-17-12(19)8-10(9-14-17)16-5-2-1-3-6-16/h8-9H,1-7,13H2,(H,15,18). The third-order valence-electron chi connectivity index (χ3n) is 3.29. The molecule has 1 saturated heterocycles. The van der Waals surface area contributed by atoms with Crippen LogP contribution in [-0.2, 0) is 11.3 Å². The van der Waals surface area contributed by atoms with Gasteiger partial charge in [-0.2, -0.15) is 5.10 Å². The van der Waals surface area contributed by atoms with Gasteiger partial charge in [-0.05, 0) is 19.3 Å². The number of nitrogens with one attached hydrogen (secondary N) is 1. The number of piperidine rings is 1. The Morgan fingerprint density at radius 3 is 2.74 bits per heavy atom. The second-order valence-corrected chi connectivity index (χ2v) is 4.64. The topological polar surface area (TPSA) is 93.2 Å². The van der Waals surface area contributed by atoms with Crippen molar-refractivity contribution in [2.75, 3.05) is 18.0 Å². The van der Waals surface area contributed by atoms with Crippen LogP contribution >= 0.6 is 0 Å². The molecule has 7 nitrogen and oxygen atoms in total. The van der Waals surface area contributed by atoms with Crippen LogP contribution in [0.3, 0.4) is 0 Å². The summed E-state index contributed by atoms with van der Waals surface area (Å²) in [5, 5.41) is 4.10. The summed E-state index contributed by atoms with van der Waals surface area (Å²) in [7, 11) is 0. The predicted molar refractivity (Wildman–Crippen MR) is 71.5 cm³/mol. The van der Waals surface area contributed by atoms with Gasteiger partial charge < -0.3 is 4.90 Å². The van der Waals surface area contributed by atoms with Crippen LogP contribution in [0.4, 0.5) is 5.69 Å². The largest absolute Gasteiger partial charge is 0.370 e. The molecule has 0 aliphatic carbocycles. The Hall–Kier alpha value is -1.89. The van der Waals surface area contributed by atoms with Crippen LogP contribution in [0.1, 0.15) is 25.7 Å². The molecule has 1 aromatic heterocycles. The Bertz CT molecular complexity index is 493. The zero-order valence-electron chi connectivity index (χ0n) is 10.8. The lowest BCUT2D eigenvalue weighted by molar-refractivity contribution is -0.121. The number of aryl methyl sites for hydroxylation is 1. The molecule has 0 bridgehead atoms. The molecule has 0 aromatic carbocycles. The van der Waals surface area contributed by atoms with Gasteiger partial charge in [0.2, 0.25) is 5.91 Å². The number of nitrogens with two attached hydrogens (primary N) is 1. The van der Waals surface area contributed by atoms with E-state index in [1.165, 1.54) is 11.1 Å². The zero-order chi connectivity index (χ0) is 13.7. The van der Waals surface area contributed by atoms with Crippen molar-refractivity contribution < 1.29 is 4.79 Å². The first-order chi connectivity index (χ1) is 9.20. The average Bonchev–Trinajstić information content (AvgIpc) is 2.46. The summed E-state index contributed by atoms with van der Waals surface area (Å²) in [5.41, 5.74) is 2.71. The number of rotatable bonds is 4. The molecular formula is C12H19N5O2. The summed E-state index contributed by atoms with van der Waals surface area (Å²) < 4.78 is 1.28. The van der Waals surface area contributed by atoms with E-state index in [4.69, 9.17) is 5.84 Å². The third kappa shape index (κ3) is 3.54. The number of hydrogen-bond donors (Lipinski definition) is 2. The van der Waals surface area contributed by atoms with Crippen molar-refractivity contribution in [3.8, 4) is 0 Å². The summed E-state index contributed by atoms with van der Waals surface area (Å²) in [6.07, 6.45) is 5.38. The van der Waals surface area contributed by atoms with E-state index < -0.39 is 0 Å². The maximum atomic E-state index is 11.9. The number of hydrazine groups is 1. The molecule has 3 N–H and O–H groups in total. The highest BCUT2D eigenvalue weighted by Gasteiger charge is 2.12.